The van der Waals surface area contributed by atoms with E-state index in [1.807, 2.05) is 0 Å². The number of hydrogen-bond donors (Lipinski definition) is 2. The highest BCUT2D eigenvalue weighted by Crippen LogP contribution is 2.12. The Bertz CT molecular complexity index is 904. The number of aromatic nitrogens is 2. The van der Waals surface area contributed by atoms with Crippen molar-refractivity contribution in [2.45, 2.75) is 19.5 Å². The van der Waals surface area contributed by atoms with E-state index in [0.29, 0.717) is 16.0 Å². The van der Waals surface area contributed by atoms with Gasteiger partial charge in [0.05, 0.1) is 18.3 Å². The van der Waals surface area contributed by atoms with E-state index in [-0.39, 0.29) is 31.0 Å². The highest BCUT2D eigenvalue weighted by molar-refractivity contribution is 7.17. The summed E-state index contributed by atoms with van der Waals surface area (Å²) in [4.78, 5) is 38.4. The Hall–Kier alpha value is -2.61. The highest BCUT2D eigenvalue weighted by atomic mass is 32.1. The number of nitrogens with zero attached hydrogens (tertiary/aromatic N) is 1. The number of hydrogen-bond acceptors (Lipinski definition) is 5. The quantitative estimate of drug-likeness (QED) is 0.734. The number of fused-ring (bicyclic) bond motifs is 1. The van der Waals surface area contributed by atoms with Crippen LogP contribution in [-0.4, -0.2) is 15.5 Å². The molecule has 7 nitrogen and oxygen atoms in total. The van der Waals surface area contributed by atoms with Gasteiger partial charge in [-0.25, -0.2) is 4.79 Å². The van der Waals surface area contributed by atoms with Crippen LogP contribution in [0.1, 0.15) is 12.2 Å². The Morgan fingerprint density at radius 2 is 2.23 bits per heavy atom. The van der Waals surface area contributed by atoms with Gasteiger partial charge in [-0.2, -0.15) is 0 Å². The molecule has 0 atom stereocenters. The Kier molecular flexibility index (Phi) is 3.92. The van der Waals surface area contributed by atoms with Crippen molar-refractivity contribution in [1.29, 1.82) is 0 Å². The van der Waals surface area contributed by atoms with E-state index in [2.05, 4.69) is 10.3 Å². The standard InChI is InChI=1S/C14H13N3O4S/c18-11(15-8-9-2-1-6-21-9)3-5-17-13(19)12-10(4-7-22-12)16-14(17)20/h1-2,4,6-7H,3,5,8H2,(H,15,18)(H,16,20). The summed E-state index contributed by atoms with van der Waals surface area (Å²) in [5.74, 6) is 0.386. The van der Waals surface area contributed by atoms with Gasteiger partial charge in [0.1, 0.15) is 10.5 Å². The molecule has 0 saturated carbocycles. The van der Waals surface area contributed by atoms with Gasteiger partial charge in [0.15, 0.2) is 0 Å². The summed E-state index contributed by atoms with van der Waals surface area (Å²) < 4.78 is 6.63. The molecule has 3 heterocycles. The minimum atomic E-state index is -0.505. The van der Waals surface area contributed by atoms with Crippen LogP contribution in [0.3, 0.4) is 0 Å². The Morgan fingerprint density at radius 1 is 1.36 bits per heavy atom. The number of amides is 1. The van der Waals surface area contributed by atoms with Crippen molar-refractivity contribution in [3.63, 3.8) is 0 Å². The number of aromatic amines is 1. The molecule has 0 spiro atoms. The smallest absolute Gasteiger partial charge is 0.328 e. The lowest BCUT2D eigenvalue weighted by molar-refractivity contribution is -0.121. The molecule has 0 radical (unpaired) electrons. The lowest BCUT2D eigenvalue weighted by Crippen LogP contribution is -2.36. The molecule has 3 aromatic heterocycles. The number of nitrogens with one attached hydrogen (secondary N) is 2. The van der Waals surface area contributed by atoms with Gasteiger partial charge in [-0.15, -0.1) is 11.3 Å². The minimum absolute atomic E-state index is 0.0337. The van der Waals surface area contributed by atoms with Crippen molar-refractivity contribution in [3.8, 4) is 0 Å². The molecular weight excluding hydrogens is 306 g/mol. The van der Waals surface area contributed by atoms with E-state index >= 15 is 0 Å². The van der Waals surface area contributed by atoms with Gasteiger partial charge in [0.25, 0.3) is 5.56 Å². The van der Waals surface area contributed by atoms with Crippen LogP contribution in [-0.2, 0) is 17.9 Å². The second kappa shape index (κ2) is 6.02. The Labute approximate surface area is 128 Å². The summed E-state index contributed by atoms with van der Waals surface area (Å²) in [6.45, 7) is 0.313. The van der Waals surface area contributed by atoms with Crippen LogP contribution in [0.4, 0.5) is 0 Å². The Morgan fingerprint density at radius 3 is 3.00 bits per heavy atom. The number of thiophene rings is 1. The predicted octanol–water partition coefficient (Wildman–Crippen LogP) is 1.05. The van der Waals surface area contributed by atoms with E-state index < -0.39 is 5.69 Å². The summed E-state index contributed by atoms with van der Waals surface area (Å²) >= 11 is 1.26. The fourth-order valence-electron chi connectivity index (χ4n) is 2.07. The van der Waals surface area contributed by atoms with Crippen LogP contribution in [0.2, 0.25) is 0 Å². The van der Waals surface area contributed by atoms with Crippen molar-refractivity contribution >= 4 is 27.5 Å². The SMILES string of the molecule is O=C(CCn1c(=O)[nH]c2ccsc2c1=O)NCc1ccco1. The number of H-pyrrole nitrogens is 1. The molecule has 3 rings (SSSR count). The zero-order chi connectivity index (χ0) is 15.5. The average Bonchev–Trinajstić information content (AvgIpc) is 3.15. The van der Waals surface area contributed by atoms with Crippen molar-refractivity contribution in [2.75, 3.05) is 0 Å². The minimum Gasteiger partial charge on any atom is -0.467 e. The molecule has 2 N–H and O–H groups in total. The molecule has 3 aromatic rings. The lowest BCUT2D eigenvalue weighted by atomic mass is 10.3. The maximum atomic E-state index is 12.2. The predicted molar refractivity (Wildman–Crippen MR) is 81.9 cm³/mol. The van der Waals surface area contributed by atoms with Gasteiger partial charge >= 0.3 is 5.69 Å². The lowest BCUT2D eigenvalue weighted by Gasteiger charge is -2.05. The molecule has 22 heavy (non-hydrogen) atoms. The van der Waals surface area contributed by atoms with Crippen molar-refractivity contribution in [3.05, 3.63) is 56.4 Å². The Balaban J connectivity index is 1.67. The van der Waals surface area contributed by atoms with Gasteiger partial charge in [-0.05, 0) is 23.6 Å². The molecular formula is C14H13N3O4S. The first-order chi connectivity index (χ1) is 10.6. The zero-order valence-corrected chi connectivity index (χ0v) is 12.3. The van der Waals surface area contributed by atoms with Crippen molar-refractivity contribution < 1.29 is 9.21 Å². The van der Waals surface area contributed by atoms with Crippen molar-refractivity contribution in [1.82, 2.24) is 14.9 Å². The van der Waals surface area contributed by atoms with Crippen LogP contribution in [0.5, 0.6) is 0 Å². The zero-order valence-electron chi connectivity index (χ0n) is 11.5. The van der Waals surface area contributed by atoms with E-state index in [0.717, 1.165) is 4.57 Å². The number of carbonyl (C=O) groups is 1. The van der Waals surface area contributed by atoms with Gasteiger partial charge in [0, 0.05) is 13.0 Å². The normalized spacial score (nSPS) is 10.9. The second-order valence-corrected chi connectivity index (χ2v) is 5.57. The van der Waals surface area contributed by atoms with Crippen LogP contribution < -0.4 is 16.6 Å². The topological polar surface area (TPSA) is 97.1 Å². The number of furan rings is 1. The van der Waals surface area contributed by atoms with E-state index in [1.54, 1.807) is 23.6 Å². The summed E-state index contributed by atoms with van der Waals surface area (Å²) in [6, 6.07) is 5.17. The summed E-state index contributed by atoms with van der Waals surface area (Å²) in [5.41, 5.74) is -0.346. The summed E-state index contributed by atoms with van der Waals surface area (Å²) in [7, 11) is 0. The van der Waals surface area contributed by atoms with Gasteiger partial charge < -0.3 is 14.7 Å². The van der Waals surface area contributed by atoms with Gasteiger partial charge in [0.2, 0.25) is 5.91 Å². The first-order valence-electron chi connectivity index (χ1n) is 6.64. The third kappa shape index (κ3) is 2.86. The molecule has 1 amide bonds. The van der Waals surface area contributed by atoms with Crippen LogP contribution in [0.25, 0.3) is 10.2 Å². The van der Waals surface area contributed by atoms with Gasteiger partial charge in [-0.3, -0.25) is 14.2 Å². The molecule has 0 unspecified atom stereocenters. The highest BCUT2D eigenvalue weighted by Gasteiger charge is 2.10. The van der Waals surface area contributed by atoms with Crippen LogP contribution in [0.15, 0.2) is 43.8 Å². The van der Waals surface area contributed by atoms with E-state index in [1.165, 1.54) is 17.6 Å². The largest absolute Gasteiger partial charge is 0.467 e. The van der Waals surface area contributed by atoms with Crippen molar-refractivity contribution in [2.24, 2.45) is 0 Å². The van der Waals surface area contributed by atoms with E-state index in [9.17, 15) is 14.4 Å². The molecule has 0 aliphatic rings. The molecule has 0 aliphatic carbocycles. The molecule has 0 aliphatic heterocycles. The number of carbonyl (C=O) groups excluding carboxylic acids is 1. The molecule has 0 saturated heterocycles. The monoisotopic (exact) mass is 319 g/mol. The first-order valence-corrected chi connectivity index (χ1v) is 7.52. The van der Waals surface area contributed by atoms with E-state index in [4.69, 9.17) is 4.42 Å². The molecule has 0 aromatic carbocycles. The summed E-state index contributed by atoms with van der Waals surface area (Å²) in [6.07, 6.45) is 1.57. The molecule has 8 heteroatoms. The second-order valence-electron chi connectivity index (χ2n) is 4.66. The fraction of sp³-hybridized carbons (Fsp3) is 0.214. The molecule has 0 fully saturated rings. The number of rotatable bonds is 5. The maximum absolute atomic E-state index is 12.2. The summed E-state index contributed by atoms with van der Waals surface area (Å²) in [5, 5.41) is 4.41. The van der Waals surface area contributed by atoms with Crippen LogP contribution in [0, 0.1) is 0 Å². The first kappa shape index (κ1) is 14.3. The average molecular weight is 319 g/mol. The maximum Gasteiger partial charge on any atom is 0.328 e. The third-order valence-corrected chi connectivity index (χ3v) is 4.10. The van der Waals surface area contributed by atoms with Crippen LogP contribution >= 0.6 is 11.3 Å². The van der Waals surface area contributed by atoms with Gasteiger partial charge in [-0.1, -0.05) is 0 Å². The molecule has 0 bridgehead atoms. The molecule has 114 valence electrons. The third-order valence-electron chi connectivity index (χ3n) is 3.19. The fourth-order valence-corrected chi connectivity index (χ4v) is 2.87.